The van der Waals surface area contributed by atoms with Crippen molar-refractivity contribution in [3.05, 3.63) is 56.8 Å². The van der Waals surface area contributed by atoms with E-state index in [9.17, 15) is 17.6 Å². The van der Waals surface area contributed by atoms with Crippen molar-refractivity contribution in [3.8, 4) is 0 Å². The van der Waals surface area contributed by atoms with Gasteiger partial charge in [-0.15, -0.1) is 0 Å². The fourth-order valence-corrected chi connectivity index (χ4v) is 5.32. The molecule has 0 aliphatic carbocycles. The number of hydrogen-bond acceptors (Lipinski definition) is 6. The summed E-state index contributed by atoms with van der Waals surface area (Å²) in [4.78, 5) is 16.6. The molecule has 0 bridgehead atoms. The molecule has 3 aromatic rings. The number of aryl methyl sites for hydroxylation is 1. The number of benzene rings is 2. The molecule has 1 fully saturated rings. The molecule has 0 saturated carbocycles. The molecule has 2 aromatic carbocycles. The van der Waals surface area contributed by atoms with Gasteiger partial charge in [0.2, 0.25) is 0 Å². The molecule has 13 heteroatoms. The molecule has 1 aromatic heterocycles. The molecule has 33 heavy (non-hydrogen) atoms. The first-order chi connectivity index (χ1) is 16.8. The van der Waals surface area contributed by atoms with E-state index in [-0.39, 0.29) is 52.0 Å². The van der Waals surface area contributed by atoms with Crippen LogP contribution in [0.25, 0.3) is 10.9 Å². The van der Waals surface area contributed by atoms with Crippen molar-refractivity contribution in [1.82, 2.24) is 13.9 Å². The molecule has 1 aliphatic heterocycles. The van der Waals surface area contributed by atoms with Crippen molar-refractivity contribution in [1.29, 1.82) is 0 Å². The SMILES string of the molecule is [2H]C([2H])([2H])OC1CCN(S(=O)(=O)Nc2ccc(F)c(Nc3ccc4ncn(C)c(=O)c4c3Cl)c2Cl)C1. The number of ether oxygens (including phenoxy) is 1. The molecule has 1 aliphatic rings. The maximum Gasteiger partial charge on any atom is 0.301 e. The van der Waals surface area contributed by atoms with Gasteiger partial charge in [0.15, 0.2) is 0 Å². The zero-order valence-electron chi connectivity index (χ0n) is 20.1. The molecular formula is C20H20Cl2FN5O4S. The highest BCUT2D eigenvalue weighted by atomic mass is 35.5. The van der Waals surface area contributed by atoms with Crippen LogP contribution in [0.1, 0.15) is 10.5 Å². The fourth-order valence-electron chi connectivity index (χ4n) is 3.45. The average Bonchev–Trinajstić information content (AvgIpc) is 3.25. The molecule has 1 saturated heterocycles. The van der Waals surface area contributed by atoms with Crippen molar-refractivity contribution in [3.63, 3.8) is 0 Å². The number of nitrogens with zero attached hydrogens (tertiary/aromatic N) is 3. The van der Waals surface area contributed by atoms with E-state index < -0.39 is 34.7 Å². The van der Waals surface area contributed by atoms with Crippen LogP contribution in [0.5, 0.6) is 0 Å². The van der Waals surface area contributed by atoms with Gasteiger partial charge in [-0.3, -0.25) is 9.52 Å². The highest BCUT2D eigenvalue weighted by Gasteiger charge is 2.32. The Morgan fingerprint density at radius 3 is 2.76 bits per heavy atom. The Bertz CT molecular complexity index is 1500. The number of aromatic nitrogens is 2. The third-order valence-electron chi connectivity index (χ3n) is 5.23. The normalized spacial score (nSPS) is 18.7. The van der Waals surface area contributed by atoms with E-state index in [0.29, 0.717) is 5.52 Å². The van der Waals surface area contributed by atoms with E-state index in [4.69, 9.17) is 32.1 Å². The average molecular weight is 519 g/mol. The minimum Gasteiger partial charge on any atom is -0.380 e. The zero-order valence-corrected chi connectivity index (χ0v) is 19.4. The van der Waals surface area contributed by atoms with Crippen LogP contribution < -0.4 is 15.6 Å². The molecule has 176 valence electrons. The molecule has 2 heterocycles. The molecular weight excluding hydrogens is 496 g/mol. The summed E-state index contributed by atoms with van der Waals surface area (Å²) >= 11 is 12.8. The van der Waals surface area contributed by atoms with Gasteiger partial charge >= 0.3 is 10.2 Å². The molecule has 0 spiro atoms. The first-order valence-corrected chi connectivity index (χ1v) is 11.8. The Morgan fingerprint density at radius 1 is 1.24 bits per heavy atom. The van der Waals surface area contributed by atoms with Crippen LogP contribution in [0.3, 0.4) is 0 Å². The van der Waals surface area contributed by atoms with Crippen molar-refractivity contribution in [2.75, 3.05) is 30.2 Å². The number of hydrogen-bond donors (Lipinski definition) is 2. The van der Waals surface area contributed by atoms with Crippen LogP contribution in [0, 0.1) is 5.82 Å². The van der Waals surface area contributed by atoms with Crippen LogP contribution in [0.4, 0.5) is 21.5 Å². The maximum absolute atomic E-state index is 14.7. The largest absolute Gasteiger partial charge is 0.380 e. The van der Waals surface area contributed by atoms with E-state index >= 15 is 0 Å². The van der Waals surface area contributed by atoms with Crippen LogP contribution in [0.2, 0.25) is 10.0 Å². The summed E-state index contributed by atoms with van der Waals surface area (Å²) in [6, 6.07) is 5.16. The topological polar surface area (TPSA) is 106 Å². The summed E-state index contributed by atoms with van der Waals surface area (Å²) in [7, 11) is -5.31. The van der Waals surface area contributed by atoms with Gasteiger partial charge in [0.25, 0.3) is 5.56 Å². The van der Waals surface area contributed by atoms with Gasteiger partial charge in [-0.05, 0) is 30.7 Å². The lowest BCUT2D eigenvalue weighted by molar-refractivity contribution is 0.115. The summed E-state index contributed by atoms with van der Waals surface area (Å²) in [5, 5.41) is 2.54. The second-order valence-electron chi connectivity index (χ2n) is 7.38. The Kier molecular flexibility index (Phi) is 5.49. The number of methoxy groups -OCH3 is 1. The van der Waals surface area contributed by atoms with Crippen molar-refractivity contribution >= 4 is 61.4 Å². The predicted octanol–water partition coefficient (Wildman–Crippen LogP) is 3.50. The summed E-state index contributed by atoms with van der Waals surface area (Å²) in [6.07, 6.45) is 0.739. The summed E-state index contributed by atoms with van der Waals surface area (Å²) in [5.41, 5.74) is -0.320. The Hall–Kier alpha value is -2.44. The number of fused-ring (bicyclic) bond motifs is 1. The zero-order chi connectivity index (χ0) is 26.4. The molecule has 1 atom stereocenters. The van der Waals surface area contributed by atoms with Crippen molar-refractivity contribution in [2.45, 2.75) is 12.5 Å². The van der Waals surface area contributed by atoms with Crippen LogP contribution in [0.15, 0.2) is 35.4 Å². The molecule has 2 N–H and O–H groups in total. The molecule has 4 rings (SSSR count). The Balaban J connectivity index is 1.61. The van der Waals surface area contributed by atoms with Crippen LogP contribution >= 0.6 is 23.2 Å². The number of halogens is 3. The lowest BCUT2D eigenvalue weighted by atomic mass is 10.2. The van der Waals surface area contributed by atoms with Crippen molar-refractivity contribution < 1.29 is 21.7 Å². The molecule has 0 radical (unpaired) electrons. The number of nitrogens with one attached hydrogen (secondary N) is 2. The highest BCUT2D eigenvalue weighted by molar-refractivity contribution is 7.90. The van der Waals surface area contributed by atoms with E-state index in [1.54, 1.807) is 0 Å². The van der Waals surface area contributed by atoms with E-state index in [2.05, 4.69) is 15.0 Å². The summed E-state index contributed by atoms with van der Waals surface area (Å²) in [6.45, 7) is -0.150. The predicted molar refractivity (Wildman–Crippen MR) is 126 cm³/mol. The minimum atomic E-state index is -4.17. The lowest BCUT2D eigenvalue weighted by Gasteiger charge is -2.20. The fraction of sp³-hybridized carbons (Fsp3) is 0.300. The second kappa shape index (κ2) is 9.07. The lowest BCUT2D eigenvalue weighted by Crippen LogP contribution is -2.35. The molecule has 0 amide bonds. The molecule has 1 unspecified atom stereocenters. The third kappa shape index (κ3) is 4.51. The third-order valence-corrected chi connectivity index (χ3v) is 7.50. The number of rotatable bonds is 6. The summed E-state index contributed by atoms with van der Waals surface area (Å²) in [5.74, 6) is -0.800. The van der Waals surface area contributed by atoms with Gasteiger partial charge in [-0.2, -0.15) is 12.7 Å². The van der Waals surface area contributed by atoms with E-state index in [1.807, 2.05) is 0 Å². The van der Waals surface area contributed by atoms with Gasteiger partial charge in [0, 0.05) is 27.2 Å². The van der Waals surface area contributed by atoms with Gasteiger partial charge in [0.05, 0.1) is 54.6 Å². The first-order valence-electron chi connectivity index (χ1n) is 11.1. The Labute approximate surface area is 203 Å². The quantitative estimate of drug-likeness (QED) is 0.517. The summed E-state index contributed by atoms with van der Waals surface area (Å²) < 4.78 is 71.4. The number of anilines is 3. The van der Waals surface area contributed by atoms with E-state index in [1.165, 1.54) is 30.1 Å². The van der Waals surface area contributed by atoms with Crippen LogP contribution in [-0.4, -0.2) is 48.5 Å². The van der Waals surface area contributed by atoms with Crippen molar-refractivity contribution in [2.24, 2.45) is 7.05 Å². The van der Waals surface area contributed by atoms with Gasteiger partial charge in [-0.25, -0.2) is 9.37 Å². The van der Waals surface area contributed by atoms with Gasteiger partial charge in [0.1, 0.15) is 5.82 Å². The minimum absolute atomic E-state index is 0.0139. The second-order valence-corrected chi connectivity index (χ2v) is 9.81. The first kappa shape index (κ1) is 20.0. The van der Waals surface area contributed by atoms with Crippen LogP contribution in [-0.2, 0) is 22.0 Å². The Morgan fingerprint density at radius 2 is 2.00 bits per heavy atom. The van der Waals surface area contributed by atoms with E-state index in [0.717, 1.165) is 16.4 Å². The van der Waals surface area contributed by atoms with Gasteiger partial charge < -0.3 is 14.6 Å². The van der Waals surface area contributed by atoms with Gasteiger partial charge in [-0.1, -0.05) is 23.2 Å². The maximum atomic E-state index is 14.7. The smallest absolute Gasteiger partial charge is 0.301 e. The monoisotopic (exact) mass is 518 g/mol. The highest BCUT2D eigenvalue weighted by Crippen LogP contribution is 2.38. The standard InChI is InChI=1S/C20H20Cl2FN5O4S/c1-27-10-24-13-5-6-14(17(21)16(13)20(27)29)25-19-12(23)3-4-15(18(19)22)26-33(30,31)28-8-7-11(9-28)32-2/h3-6,10-11,25-26H,7-9H2,1-2H3/i2D3. The molecule has 9 nitrogen and oxygen atoms in total.